The highest BCUT2D eigenvalue weighted by atomic mass is 16.3. The molecule has 0 aromatic carbocycles. The number of allylic oxidation sites excluding steroid dienone is 4. The second-order valence-electron chi connectivity index (χ2n) is 13.6. The van der Waals surface area contributed by atoms with E-state index in [1.165, 1.54) is 50.5 Å². The van der Waals surface area contributed by atoms with E-state index in [-0.39, 0.29) is 11.2 Å². The van der Waals surface area contributed by atoms with Crippen molar-refractivity contribution in [1.82, 2.24) is 0 Å². The van der Waals surface area contributed by atoms with E-state index in [4.69, 9.17) is 0 Å². The summed E-state index contributed by atoms with van der Waals surface area (Å²) in [6.45, 7) is 11.0. The average molecular weight is 539 g/mol. The summed E-state index contributed by atoms with van der Waals surface area (Å²) in [5.74, 6) is 1.73. The Morgan fingerprint density at radius 1 is 1.08 bits per heavy atom. The summed E-state index contributed by atoms with van der Waals surface area (Å²) in [7, 11) is 0. The molecule has 3 N–H and O–H groups in total. The highest BCUT2D eigenvalue weighted by Crippen LogP contribution is 2.60. The molecule has 0 radical (unpaired) electrons. The van der Waals surface area contributed by atoms with Crippen molar-refractivity contribution in [3.63, 3.8) is 0 Å². The van der Waals surface area contributed by atoms with Gasteiger partial charge in [0.2, 0.25) is 0 Å². The van der Waals surface area contributed by atoms with Crippen LogP contribution in [0, 0.1) is 28.6 Å². The number of hydrogen-bond acceptors (Lipinski definition) is 4. The van der Waals surface area contributed by atoms with Gasteiger partial charge in [-0.3, -0.25) is 4.79 Å². The van der Waals surface area contributed by atoms with E-state index in [9.17, 15) is 20.1 Å². The first-order chi connectivity index (χ1) is 18.6. The molecule has 0 unspecified atom stereocenters. The number of hydrogen-bond donors (Lipinski definition) is 3. The van der Waals surface area contributed by atoms with Crippen LogP contribution in [0.2, 0.25) is 0 Å². The Kier molecular flexibility index (Phi) is 10.2. The normalized spacial score (nSPS) is 35.9. The molecule has 218 valence electrons. The van der Waals surface area contributed by atoms with Crippen LogP contribution >= 0.6 is 0 Å². The summed E-state index contributed by atoms with van der Waals surface area (Å²) in [6, 6.07) is 0. The molecule has 0 amide bonds. The highest BCUT2D eigenvalue weighted by molar-refractivity contribution is 5.88. The summed E-state index contributed by atoms with van der Waals surface area (Å²) >= 11 is 0. The zero-order valence-corrected chi connectivity index (χ0v) is 24.8. The monoisotopic (exact) mass is 538 g/mol. The Bertz CT molecular complexity index is 969. The Morgan fingerprint density at radius 2 is 1.82 bits per heavy atom. The van der Waals surface area contributed by atoms with Crippen molar-refractivity contribution in [2.45, 2.75) is 135 Å². The van der Waals surface area contributed by atoms with Gasteiger partial charge in [0.1, 0.15) is 5.78 Å². The molecule has 0 aliphatic heterocycles. The lowest BCUT2D eigenvalue weighted by molar-refractivity contribution is -0.127. The van der Waals surface area contributed by atoms with Gasteiger partial charge in [0.25, 0.3) is 0 Å². The van der Waals surface area contributed by atoms with Crippen molar-refractivity contribution in [2.75, 3.05) is 0 Å². The predicted molar refractivity (Wildman–Crippen MR) is 159 cm³/mol. The largest absolute Gasteiger partial charge is 0.393 e. The fourth-order valence-corrected chi connectivity index (χ4v) is 8.22. The minimum atomic E-state index is -0.657. The van der Waals surface area contributed by atoms with Crippen LogP contribution in [-0.4, -0.2) is 39.4 Å². The second-order valence-corrected chi connectivity index (χ2v) is 13.6. The number of carbonyl (C=O) groups excluding carboxylic acids is 1. The van der Waals surface area contributed by atoms with Crippen LogP contribution in [0.3, 0.4) is 0 Å². The van der Waals surface area contributed by atoms with Crippen LogP contribution in [0.1, 0.15) is 117 Å². The van der Waals surface area contributed by atoms with Crippen molar-refractivity contribution >= 4 is 5.78 Å². The van der Waals surface area contributed by atoms with Gasteiger partial charge in [-0.25, -0.2) is 0 Å². The minimum Gasteiger partial charge on any atom is -0.393 e. The Hall–Kier alpha value is -1.49. The third-order valence-electron chi connectivity index (χ3n) is 11.0. The molecule has 0 aromatic rings. The van der Waals surface area contributed by atoms with E-state index in [0.717, 1.165) is 43.3 Å². The van der Waals surface area contributed by atoms with Gasteiger partial charge >= 0.3 is 0 Å². The molecule has 4 aliphatic rings. The first-order valence-electron chi connectivity index (χ1n) is 16.0. The fourth-order valence-electron chi connectivity index (χ4n) is 8.22. The maximum Gasteiger partial charge on any atom is 0.141 e. The molecule has 0 bridgehead atoms. The molecule has 4 nitrogen and oxygen atoms in total. The van der Waals surface area contributed by atoms with Gasteiger partial charge in [0.15, 0.2) is 0 Å². The second kappa shape index (κ2) is 13.0. The number of ketones is 1. The third kappa shape index (κ3) is 6.71. The number of fused-ring (bicyclic) bond motifs is 1. The van der Waals surface area contributed by atoms with E-state index < -0.39 is 23.7 Å². The molecular weight excluding hydrogens is 484 g/mol. The topological polar surface area (TPSA) is 77.8 Å². The lowest BCUT2D eigenvalue weighted by Gasteiger charge is -2.44. The number of aliphatic hydroxyl groups excluding tert-OH is 3. The number of Topliss-reactive ketones (excluding diaryl/α,β-unsaturated/α-hetero) is 1. The average Bonchev–Trinajstić information content (AvgIpc) is 3.64. The molecule has 0 spiro atoms. The van der Waals surface area contributed by atoms with E-state index in [1.54, 1.807) is 0 Å². The highest BCUT2D eigenvalue weighted by Gasteiger charge is 2.54. The number of unbranched alkanes of at least 4 members (excludes halogenated alkanes) is 4. The lowest BCUT2D eigenvalue weighted by atomic mass is 9.61. The number of aliphatic hydroxyl groups is 3. The minimum absolute atomic E-state index is 0.228. The molecule has 4 saturated carbocycles. The quantitative estimate of drug-likeness (QED) is 0.179. The predicted octanol–water partition coefficient (Wildman–Crippen LogP) is 7.39. The van der Waals surface area contributed by atoms with Gasteiger partial charge < -0.3 is 15.3 Å². The van der Waals surface area contributed by atoms with Gasteiger partial charge in [-0.1, -0.05) is 82.9 Å². The van der Waals surface area contributed by atoms with Gasteiger partial charge in [-0.2, -0.15) is 0 Å². The zero-order valence-electron chi connectivity index (χ0n) is 24.8. The molecule has 0 aromatic heterocycles. The van der Waals surface area contributed by atoms with Gasteiger partial charge in [-0.15, -0.1) is 0 Å². The SMILES string of the molecule is C=C1/C(=C\C=C2/CCC[C@]3(C)[C@@H]([C@H](C)/C=C/[C@H](O)C4(C(=O)CCCCCCC)CC4)CC[C@@H]23)C[C@@H](O)C[C@@H]1O. The van der Waals surface area contributed by atoms with Crippen molar-refractivity contribution in [3.05, 3.63) is 47.6 Å². The standard InChI is InChI=1S/C35H54O4/c1-5-6-7-8-9-12-32(38)35(20-21-35)33(39)18-13-24(2)29-16-17-30-26(11-10-19-34(29,30)4)14-15-27-22-28(36)23-31(37)25(27)3/h13-15,18,24,28-31,33,36-37,39H,3,5-12,16-17,19-23H2,1-2,4H3/b18-13+,26-14+,27-15-/t24-,28-,29-,30+,31+,33+,34-/m1/s1. The van der Waals surface area contributed by atoms with E-state index in [2.05, 4.69) is 45.6 Å². The molecule has 4 heteroatoms. The fraction of sp³-hybridized carbons (Fsp3) is 0.743. The van der Waals surface area contributed by atoms with Crippen molar-refractivity contribution in [1.29, 1.82) is 0 Å². The number of rotatable bonds is 12. The van der Waals surface area contributed by atoms with Crippen LogP contribution in [0.5, 0.6) is 0 Å². The van der Waals surface area contributed by atoms with E-state index >= 15 is 0 Å². The smallest absolute Gasteiger partial charge is 0.141 e. The first-order valence-corrected chi connectivity index (χ1v) is 16.0. The molecule has 4 aliphatic carbocycles. The van der Waals surface area contributed by atoms with Crippen LogP contribution in [0.15, 0.2) is 47.6 Å². The molecule has 39 heavy (non-hydrogen) atoms. The summed E-state index contributed by atoms with van der Waals surface area (Å²) in [4.78, 5) is 13.0. The summed E-state index contributed by atoms with van der Waals surface area (Å²) in [5, 5.41) is 31.4. The summed E-state index contributed by atoms with van der Waals surface area (Å²) < 4.78 is 0. The zero-order chi connectivity index (χ0) is 28.2. The van der Waals surface area contributed by atoms with Gasteiger partial charge in [0.05, 0.1) is 23.7 Å². The van der Waals surface area contributed by atoms with Crippen LogP contribution in [0.4, 0.5) is 0 Å². The summed E-state index contributed by atoms with van der Waals surface area (Å²) in [5.41, 5.74) is 2.94. The Labute approximate surface area is 237 Å². The van der Waals surface area contributed by atoms with E-state index in [1.807, 2.05) is 6.08 Å². The van der Waals surface area contributed by atoms with Gasteiger partial charge in [-0.05, 0) is 92.1 Å². The van der Waals surface area contributed by atoms with Crippen LogP contribution in [0.25, 0.3) is 0 Å². The Morgan fingerprint density at radius 3 is 2.54 bits per heavy atom. The number of carbonyl (C=O) groups is 1. The molecule has 0 heterocycles. The van der Waals surface area contributed by atoms with Crippen molar-refractivity contribution in [2.24, 2.45) is 28.6 Å². The molecule has 4 fully saturated rings. The molecular formula is C35H54O4. The Balaban J connectivity index is 1.37. The third-order valence-corrected chi connectivity index (χ3v) is 11.0. The van der Waals surface area contributed by atoms with Crippen LogP contribution in [-0.2, 0) is 4.79 Å². The molecule has 4 rings (SSSR count). The maximum absolute atomic E-state index is 13.0. The lowest BCUT2D eigenvalue weighted by Crippen LogP contribution is -2.35. The molecule has 7 atom stereocenters. The van der Waals surface area contributed by atoms with Gasteiger partial charge in [0, 0.05) is 12.8 Å². The summed E-state index contributed by atoms with van der Waals surface area (Å²) in [6.07, 6.45) is 21.6. The van der Waals surface area contributed by atoms with E-state index in [0.29, 0.717) is 37.0 Å². The molecule has 0 saturated heterocycles. The van der Waals surface area contributed by atoms with Crippen molar-refractivity contribution < 1.29 is 20.1 Å². The maximum atomic E-state index is 13.0. The first kappa shape index (κ1) is 30.5. The van der Waals surface area contributed by atoms with Crippen LogP contribution < -0.4 is 0 Å². The van der Waals surface area contributed by atoms with Crippen molar-refractivity contribution in [3.8, 4) is 0 Å².